The molecule has 0 saturated heterocycles. The summed E-state index contributed by atoms with van der Waals surface area (Å²) in [5, 5.41) is 11.9. The highest BCUT2D eigenvalue weighted by molar-refractivity contribution is 6.31. The van der Waals surface area contributed by atoms with E-state index in [0.29, 0.717) is 39.8 Å². The lowest BCUT2D eigenvalue weighted by atomic mass is 10.1. The van der Waals surface area contributed by atoms with Crippen LogP contribution in [0.3, 0.4) is 0 Å². The first-order valence-electron chi connectivity index (χ1n) is 9.23. The van der Waals surface area contributed by atoms with E-state index < -0.39 is 11.7 Å². The minimum Gasteiger partial charge on any atom is -0.496 e. The molecule has 6 nitrogen and oxygen atoms in total. The van der Waals surface area contributed by atoms with E-state index in [1.54, 1.807) is 36.4 Å². The van der Waals surface area contributed by atoms with E-state index in [-0.39, 0.29) is 17.4 Å². The van der Waals surface area contributed by atoms with Gasteiger partial charge in [-0.3, -0.25) is 4.79 Å². The molecule has 0 saturated carbocycles. The van der Waals surface area contributed by atoms with Crippen LogP contribution in [0.25, 0.3) is 22.6 Å². The van der Waals surface area contributed by atoms with Crippen molar-refractivity contribution in [1.82, 2.24) is 0 Å². The van der Waals surface area contributed by atoms with Gasteiger partial charge < -0.3 is 24.0 Å². The molecule has 0 aliphatic heterocycles. The summed E-state index contributed by atoms with van der Waals surface area (Å²) in [6.45, 7) is -0.223. The summed E-state index contributed by atoms with van der Waals surface area (Å²) in [5.74, 6) is 0.910. The second kappa shape index (κ2) is 8.67. The molecule has 158 valence electrons. The van der Waals surface area contributed by atoms with E-state index in [9.17, 15) is 14.3 Å². The Morgan fingerprint density at radius 2 is 1.87 bits per heavy atom. The molecule has 0 spiro atoms. The highest BCUT2D eigenvalue weighted by atomic mass is 35.5. The number of aliphatic hydroxyl groups is 1. The van der Waals surface area contributed by atoms with Crippen LogP contribution >= 0.6 is 11.6 Å². The Kier molecular flexibility index (Phi) is 5.79. The molecule has 2 N–H and O–H groups in total. The maximum absolute atomic E-state index is 13.4. The van der Waals surface area contributed by atoms with Crippen molar-refractivity contribution in [3.05, 3.63) is 83.0 Å². The van der Waals surface area contributed by atoms with Crippen LogP contribution in [-0.2, 0) is 6.61 Å². The Bertz CT molecular complexity index is 1250. The van der Waals surface area contributed by atoms with Crippen molar-refractivity contribution in [2.24, 2.45) is 0 Å². The Labute approximate surface area is 181 Å². The number of amides is 1. The van der Waals surface area contributed by atoms with Gasteiger partial charge in [-0.2, -0.15) is 0 Å². The molecule has 0 unspecified atom stereocenters. The molecule has 1 amide bonds. The van der Waals surface area contributed by atoms with Gasteiger partial charge in [0.2, 0.25) is 0 Å². The summed E-state index contributed by atoms with van der Waals surface area (Å²) in [6.07, 6.45) is 0. The van der Waals surface area contributed by atoms with E-state index >= 15 is 0 Å². The van der Waals surface area contributed by atoms with Crippen LogP contribution in [0.4, 0.5) is 10.1 Å². The predicted molar refractivity (Wildman–Crippen MR) is 114 cm³/mol. The molecule has 2 aromatic heterocycles. The number of benzene rings is 2. The topological polar surface area (TPSA) is 84.8 Å². The molecule has 8 heteroatoms. The maximum atomic E-state index is 13.4. The van der Waals surface area contributed by atoms with Gasteiger partial charge in [-0.25, -0.2) is 4.39 Å². The van der Waals surface area contributed by atoms with Crippen molar-refractivity contribution in [1.29, 1.82) is 0 Å². The Balaban J connectivity index is 1.57. The highest BCUT2D eigenvalue weighted by Crippen LogP contribution is 2.34. The number of methoxy groups -OCH3 is 1. The molecule has 2 aromatic carbocycles. The fraction of sp³-hybridized carbons (Fsp3) is 0.0870. The minimum atomic E-state index is -0.534. The standard InChI is InChI=1S/C23H17ClFNO5/c1-29-20-6-3-14(11-16(20)21-7-4-15(12-27)30-21)26-23(28)22-9-8-19(31-22)13-2-5-18(25)17(24)10-13/h2-11,27H,12H2,1H3,(H,26,28). The van der Waals surface area contributed by atoms with E-state index in [1.807, 2.05) is 0 Å². The molecule has 4 aromatic rings. The van der Waals surface area contributed by atoms with Crippen molar-refractivity contribution >= 4 is 23.2 Å². The van der Waals surface area contributed by atoms with Crippen LogP contribution in [0.1, 0.15) is 16.3 Å². The zero-order chi connectivity index (χ0) is 22.0. The van der Waals surface area contributed by atoms with Gasteiger partial charge in [0.25, 0.3) is 5.91 Å². The fourth-order valence-electron chi connectivity index (χ4n) is 3.04. The van der Waals surface area contributed by atoms with Crippen LogP contribution in [0, 0.1) is 5.82 Å². The van der Waals surface area contributed by atoms with Crippen molar-refractivity contribution in [2.75, 3.05) is 12.4 Å². The largest absolute Gasteiger partial charge is 0.496 e. The third-order valence-electron chi connectivity index (χ3n) is 4.57. The second-order valence-electron chi connectivity index (χ2n) is 6.59. The van der Waals surface area contributed by atoms with Crippen molar-refractivity contribution < 1.29 is 27.9 Å². The fourth-order valence-corrected chi connectivity index (χ4v) is 3.22. The van der Waals surface area contributed by atoms with Gasteiger partial charge in [0.15, 0.2) is 5.76 Å². The summed E-state index contributed by atoms with van der Waals surface area (Å²) in [7, 11) is 1.53. The van der Waals surface area contributed by atoms with Gasteiger partial charge in [-0.1, -0.05) is 11.6 Å². The van der Waals surface area contributed by atoms with Crippen LogP contribution in [0.15, 0.2) is 69.5 Å². The summed E-state index contributed by atoms with van der Waals surface area (Å²) in [4.78, 5) is 12.7. The molecule has 0 aliphatic carbocycles. The molecule has 0 atom stereocenters. The van der Waals surface area contributed by atoms with Crippen LogP contribution in [0.5, 0.6) is 5.75 Å². The molecular weight excluding hydrogens is 425 g/mol. The first-order chi connectivity index (χ1) is 15.0. The minimum absolute atomic E-state index is 0.0343. The summed E-state index contributed by atoms with van der Waals surface area (Å²) in [6, 6.07) is 15.7. The SMILES string of the molecule is COc1ccc(NC(=O)c2ccc(-c3ccc(F)c(Cl)c3)o2)cc1-c1ccc(CO)o1. The van der Waals surface area contributed by atoms with Gasteiger partial charge in [0.1, 0.15) is 35.5 Å². The monoisotopic (exact) mass is 441 g/mol. The zero-order valence-corrected chi connectivity index (χ0v) is 17.1. The normalized spacial score (nSPS) is 10.8. The number of rotatable bonds is 6. The maximum Gasteiger partial charge on any atom is 0.291 e. The highest BCUT2D eigenvalue weighted by Gasteiger charge is 2.16. The molecule has 0 aliphatic rings. The molecule has 0 radical (unpaired) electrons. The number of furan rings is 2. The van der Waals surface area contributed by atoms with E-state index in [1.165, 1.54) is 31.4 Å². The zero-order valence-electron chi connectivity index (χ0n) is 16.3. The number of carbonyl (C=O) groups is 1. The van der Waals surface area contributed by atoms with E-state index in [0.717, 1.165) is 0 Å². The molecule has 2 heterocycles. The van der Waals surface area contributed by atoms with Crippen LogP contribution in [0.2, 0.25) is 5.02 Å². The number of aliphatic hydroxyl groups excluding tert-OH is 1. The van der Waals surface area contributed by atoms with Crippen LogP contribution < -0.4 is 10.1 Å². The van der Waals surface area contributed by atoms with Crippen molar-refractivity contribution in [3.63, 3.8) is 0 Å². The number of halogens is 2. The average molecular weight is 442 g/mol. The Hall–Kier alpha value is -3.55. The van der Waals surface area contributed by atoms with E-state index in [2.05, 4.69) is 5.32 Å². The number of nitrogens with one attached hydrogen (secondary N) is 1. The quantitative estimate of drug-likeness (QED) is 0.398. The molecular formula is C23H17ClFNO5. The number of hydrogen-bond donors (Lipinski definition) is 2. The Morgan fingerprint density at radius 3 is 2.58 bits per heavy atom. The number of anilines is 1. The number of hydrogen-bond acceptors (Lipinski definition) is 5. The number of ether oxygens (including phenoxy) is 1. The van der Waals surface area contributed by atoms with Gasteiger partial charge in [-0.15, -0.1) is 0 Å². The predicted octanol–water partition coefficient (Wildman–Crippen LogP) is 5.75. The average Bonchev–Trinajstić information content (AvgIpc) is 3.45. The first kappa shape index (κ1) is 20.7. The van der Waals surface area contributed by atoms with Gasteiger partial charge >= 0.3 is 0 Å². The number of carbonyl (C=O) groups excluding carboxylic acids is 1. The molecule has 4 rings (SSSR count). The lowest BCUT2D eigenvalue weighted by Crippen LogP contribution is -2.10. The third kappa shape index (κ3) is 4.33. The lowest BCUT2D eigenvalue weighted by Gasteiger charge is -2.10. The summed E-state index contributed by atoms with van der Waals surface area (Å²) in [5.41, 5.74) is 1.65. The summed E-state index contributed by atoms with van der Waals surface area (Å²) < 4.78 is 29.9. The molecule has 31 heavy (non-hydrogen) atoms. The van der Waals surface area contributed by atoms with Gasteiger partial charge in [0.05, 0.1) is 17.7 Å². The summed E-state index contributed by atoms with van der Waals surface area (Å²) >= 11 is 5.81. The van der Waals surface area contributed by atoms with Gasteiger partial charge in [-0.05, 0) is 60.7 Å². The van der Waals surface area contributed by atoms with Crippen molar-refractivity contribution in [2.45, 2.75) is 6.61 Å². The van der Waals surface area contributed by atoms with Crippen LogP contribution in [-0.4, -0.2) is 18.1 Å². The molecule has 0 fully saturated rings. The third-order valence-corrected chi connectivity index (χ3v) is 4.86. The van der Waals surface area contributed by atoms with Gasteiger partial charge in [0, 0.05) is 11.3 Å². The first-order valence-corrected chi connectivity index (χ1v) is 9.61. The molecule has 0 bridgehead atoms. The lowest BCUT2D eigenvalue weighted by molar-refractivity contribution is 0.0997. The van der Waals surface area contributed by atoms with E-state index in [4.69, 9.17) is 25.2 Å². The second-order valence-corrected chi connectivity index (χ2v) is 6.99. The van der Waals surface area contributed by atoms with Crippen molar-refractivity contribution in [3.8, 4) is 28.4 Å². The Morgan fingerprint density at radius 1 is 1.06 bits per heavy atom. The smallest absolute Gasteiger partial charge is 0.291 e.